The van der Waals surface area contributed by atoms with E-state index in [1.807, 2.05) is 0 Å². The summed E-state index contributed by atoms with van der Waals surface area (Å²) in [6.45, 7) is 0. The van der Waals surface area contributed by atoms with E-state index >= 15 is 0 Å². The molecule has 0 saturated heterocycles. The molecule has 0 heterocycles. The summed E-state index contributed by atoms with van der Waals surface area (Å²) < 4.78 is 0. The quantitative estimate of drug-likeness (QED) is 0.232. The molecule has 0 atom stereocenters. The van der Waals surface area contributed by atoms with Crippen molar-refractivity contribution in [1.82, 2.24) is 0 Å². The third-order valence-electron chi connectivity index (χ3n) is 7.24. The topological polar surface area (TPSA) is 0 Å². The second-order valence-corrected chi connectivity index (χ2v) is 9.41. The molecule has 36 heavy (non-hydrogen) atoms. The molecule has 0 aliphatic carbocycles. The first-order chi connectivity index (χ1) is 17.8. The van der Waals surface area contributed by atoms with Crippen LogP contribution in [0.5, 0.6) is 0 Å². The average molecular weight is 457 g/mol. The van der Waals surface area contributed by atoms with Gasteiger partial charge in [0.2, 0.25) is 0 Å². The summed E-state index contributed by atoms with van der Waals surface area (Å²) in [7, 11) is 0. The van der Waals surface area contributed by atoms with Gasteiger partial charge in [-0.2, -0.15) is 0 Å². The van der Waals surface area contributed by atoms with Crippen molar-refractivity contribution in [2.45, 2.75) is 0 Å². The van der Waals surface area contributed by atoms with Crippen molar-refractivity contribution in [3.05, 3.63) is 146 Å². The van der Waals surface area contributed by atoms with Crippen molar-refractivity contribution < 1.29 is 0 Å². The van der Waals surface area contributed by atoms with Crippen LogP contribution in [0.4, 0.5) is 0 Å². The van der Waals surface area contributed by atoms with Gasteiger partial charge in [0.1, 0.15) is 0 Å². The molecule has 0 spiro atoms. The molecule has 0 saturated carbocycles. The molecule has 7 aromatic rings. The van der Waals surface area contributed by atoms with E-state index in [2.05, 4.69) is 146 Å². The van der Waals surface area contributed by atoms with Crippen LogP contribution in [0.1, 0.15) is 0 Å². The Morgan fingerprint density at radius 3 is 1.44 bits per heavy atom. The van der Waals surface area contributed by atoms with Gasteiger partial charge >= 0.3 is 0 Å². The van der Waals surface area contributed by atoms with Gasteiger partial charge in [0.05, 0.1) is 0 Å². The normalized spacial score (nSPS) is 11.3. The van der Waals surface area contributed by atoms with Crippen LogP contribution in [0.25, 0.3) is 65.7 Å². The van der Waals surface area contributed by atoms with E-state index in [0.717, 1.165) is 0 Å². The summed E-state index contributed by atoms with van der Waals surface area (Å²) in [6, 6.07) is 52.8. The van der Waals surface area contributed by atoms with Crippen molar-refractivity contribution in [3.8, 4) is 33.4 Å². The maximum Gasteiger partial charge on any atom is -0.00990 e. The van der Waals surface area contributed by atoms with Gasteiger partial charge in [-0.25, -0.2) is 0 Å². The molecular formula is C36H24. The Bertz CT molecular complexity index is 1860. The lowest BCUT2D eigenvalue weighted by Crippen LogP contribution is -1.85. The molecule has 0 unspecified atom stereocenters. The highest BCUT2D eigenvalue weighted by molar-refractivity contribution is 6.13. The van der Waals surface area contributed by atoms with E-state index in [9.17, 15) is 0 Å². The fraction of sp³-hybridized carbons (Fsp3) is 0. The number of rotatable bonds is 3. The summed E-state index contributed by atoms with van der Waals surface area (Å²) in [5, 5.41) is 7.71. The second kappa shape index (κ2) is 8.52. The van der Waals surface area contributed by atoms with E-state index in [4.69, 9.17) is 0 Å². The maximum atomic E-state index is 2.33. The summed E-state index contributed by atoms with van der Waals surface area (Å²) in [5.41, 5.74) is 7.50. The minimum atomic E-state index is 1.23. The predicted molar refractivity (Wildman–Crippen MR) is 155 cm³/mol. The highest BCUT2D eigenvalue weighted by Gasteiger charge is 2.09. The smallest absolute Gasteiger partial charge is 0.00990 e. The van der Waals surface area contributed by atoms with Gasteiger partial charge in [-0.05, 0) is 83.9 Å². The van der Waals surface area contributed by atoms with Crippen molar-refractivity contribution in [1.29, 1.82) is 0 Å². The third-order valence-corrected chi connectivity index (χ3v) is 7.24. The third kappa shape index (κ3) is 3.56. The van der Waals surface area contributed by atoms with Gasteiger partial charge in [0.25, 0.3) is 0 Å². The Kier molecular flexibility index (Phi) is 4.89. The van der Waals surface area contributed by atoms with Crippen LogP contribution in [0.3, 0.4) is 0 Å². The standard InChI is InChI=1S/C36H24/c1-2-8-25(9-3-1)28-18-20-31-23-29(19-21-30(31)22-28)26-14-16-27(17-15-26)36-24-32-10-4-5-11-33(32)34-12-6-7-13-35(34)36/h1-24H. The summed E-state index contributed by atoms with van der Waals surface area (Å²) in [4.78, 5) is 0. The monoisotopic (exact) mass is 456 g/mol. The molecule has 0 N–H and O–H groups in total. The molecule has 0 bridgehead atoms. The van der Waals surface area contributed by atoms with Gasteiger partial charge in [-0.3, -0.25) is 0 Å². The summed E-state index contributed by atoms with van der Waals surface area (Å²) >= 11 is 0. The van der Waals surface area contributed by atoms with Crippen LogP contribution in [0.2, 0.25) is 0 Å². The van der Waals surface area contributed by atoms with E-state index in [1.165, 1.54) is 65.7 Å². The van der Waals surface area contributed by atoms with Crippen LogP contribution in [-0.4, -0.2) is 0 Å². The van der Waals surface area contributed by atoms with Gasteiger partial charge in [-0.15, -0.1) is 0 Å². The fourth-order valence-corrected chi connectivity index (χ4v) is 5.37. The maximum absolute atomic E-state index is 2.33. The zero-order valence-corrected chi connectivity index (χ0v) is 19.9. The molecule has 7 rings (SSSR count). The van der Waals surface area contributed by atoms with Crippen molar-refractivity contribution in [2.24, 2.45) is 0 Å². The summed E-state index contributed by atoms with van der Waals surface area (Å²) in [5.74, 6) is 0. The zero-order chi connectivity index (χ0) is 23.9. The van der Waals surface area contributed by atoms with Crippen LogP contribution >= 0.6 is 0 Å². The Labute approximate surface area is 211 Å². The molecule has 0 radical (unpaired) electrons. The molecule has 168 valence electrons. The Balaban J connectivity index is 1.27. The van der Waals surface area contributed by atoms with Crippen molar-refractivity contribution in [2.75, 3.05) is 0 Å². The van der Waals surface area contributed by atoms with Gasteiger partial charge in [-0.1, -0.05) is 127 Å². The lowest BCUT2D eigenvalue weighted by atomic mass is 9.92. The van der Waals surface area contributed by atoms with Crippen LogP contribution < -0.4 is 0 Å². The Morgan fingerprint density at radius 2 is 0.750 bits per heavy atom. The first kappa shape index (κ1) is 20.7. The van der Waals surface area contributed by atoms with Crippen LogP contribution in [0, 0.1) is 0 Å². The molecule has 0 heteroatoms. The summed E-state index contributed by atoms with van der Waals surface area (Å²) in [6.07, 6.45) is 0. The first-order valence-electron chi connectivity index (χ1n) is 12.4. The molecule has 0 fully saturated rings. The van der Waals surface area contributed by atoms with Gasteiger partial charge in [0, 0.05) is 0 Å². The predicted octanol–water partition coefficient (Wildman–Crippen LogP) is 10.1. The van der Waals surface area contributed by atoms with Gasteiger partial charge in [0.15, 0.2) is 0 Å². The van der Waals surface area contributed by atoms with Crippen molar-refractivity contribution >= 4 is 32.3 Å². The number of fused-ring (bicyclic) bond motifs is 4. The zero-order valence-electron chi connectivity index (χ0n) is 19.9. The SMILES string of the molecule is c1ccc(-c2ccc3cc(-c4ccc(-c5cc6ccccc6c6ccccc56)cc4)ccc3c2)cc1. The molecule has 0 aromatic heterocycles. The van der Waals surface area contributed by atoms with Crippen molar-refractivity contribution in [3.63, 3.8) is 0 Å². The molecule has 0 aliphatic heterocycles. The minimum absolute atomic E-state index is 1.23. The highest BCUT2D eigenvalue weighted by atomic mass is 14.1. The average Bonchev–Trinajstić information content (AvgIpc) is 2.97. The first-order valence-corrected chi connectivity index (χ1v) is 12.4. The second-order valence-electron chi connectivity index (χ2n) is 9.41. The lowest BCUT2D eigenvalue weighted by molar-refractivity contribution is 1.62. The fourth-order valence-electron chi connectivity index (χ4n) is 5.37. The molecule has 0 nitrogen and oxygen atoms in total. The lowest BCUT2D eigenvalue weighted by Gasteiger charge is -2.12. The highest BCUT2D eigenvalue weighted by Crippen LogP contribution is 2.36. The van der Waals surface area contributed by atoms with Gasteiger partial charge < -0.3 is 0 Å². The van der Waals surface area contributed by atoms with Crippen LogP contribution in [-0.2, 0) is 0 Å². The van der Waals surface area contributed by atoms with E-state index in [1.54, 1.807) is 0 Å². The number of benzene rings is 7. The minimum Gasteiger partial charge on any atom is -0.0622 e. The molecule has 0 amide bonds. The molecular weight excluding hydrogens is 432 g/mol. The van der Waals surface area contributed by atoms with E-state index in [-0.39, 0.29) is 0 Å². The number of hydrogen-bond donors (Lipinski definition) is 0. The van der Waals surface area contributed by atoms with E-state index < -0.39 is 0 Å². The van der Waals surface area contributed by atoms with Crippen LogP contribution in [0.15, 0.2) is 146 Å². The molecule has 0 aliphatic rings. The number of hydrogen-bond acceptors (Lipinski definition) is 0. The Hall–Kier alpha value is -4.68. The molecule has 7 aromatic carbocycles. The Morgan fingerprint density at radius 1 is 0.250 bits per heavy atom. The largest absolute Gasteiger partial charge is 0.0622 e. The van der Waals surface area contributed by atoms with E-state index in [0.29, 0.717) is 0 Å².